The van der Waals surface area contributed by atoms with Crippen LogP contribution in [0.1, 0.15) is 44.9 Å². The lowest BCUT2D eigenvalue weighted by atomic mass is 9.95. The molecular weight excluding hydrogens is 641 g/mol. The number of aromatic nitrogens is 1. The summed E-state index contributed by atoms with van der Waals surface area (Å²) in [4.78, 5) is 65.1. The minimum absolute atomic E-state index is 0.0573. The predicted octanol–water partition coefficient (Wildman–Crippen LogP) is 4.74. The molecule has 0 saturated carbocycles. The van der Waals surface area contributed by atoms with Crippen molar-refractivity contribution in [2.75, 3.05) is 61.0 Å². The van der Waals surface area contributed by atoms with Gasteiger partial charge in [-0.3, -0.25) is 19.3 Å². The van der Waals surface area contributed by atoms with Crippen molar-refractivity contribution in [3.8, 4) is 0 Å². The van der Waals surface area contributed by atoms with Gasteiger partial charge >= 0.3 is 12.3 Å². The van der Waals surface area contributed by atoms with Crippen LogP contribution < -0.4 is 14.7 Å². The number of amides is 4. The molecule has 47 heavy (non-hydrogen) atoms. The van der Waals surface area contributed by atoms with E-state index in [0.717, 1.165) is 17.0 Å². The van der Waals surface area contributed by atoms with Crippen molar-refractivity contribution in [2.24, 2.45) is 5.92 Å². The van der Waals surface area contributed by atoms with Crippen molar-refractivity contribution in [3.05, 3.63) is 46.6 Å². The molecule has 0 unspecified atom stereocenters. The molecule has 4 heterocycles. The van der Waals surface area contributed by atoms with E-state index in [1.165, 1.54) is 18.9 Å². The van der Waals surface area contributed by atoms with Crippen LogP contribution >= 0.6 is 11.6 Å². The summed E-state index contributed by atoms with van der Waals surface area (Å²) in [6.45, 7) is 8.44. The number of hydrogen-bond acceptors (Lipinski definition) is 7. The largest absolute Gasteiger partial charge is 0.444 e. The number of rotatable bonds is 4. The predicted molar refractivity (Wildman–Crippen MR) is 169 cm³/mol. The van der Waals surface area contributed by atoms with Gasteiger partial charge in [0.05, 0.1) is 22.0 Å². The summed E-state index contributed by atoms with van der Waals surface area (Å²) >= 11 is 6.69. The summed E-state index contributed by atoms with van der Waals surface area (Å²) in [6, 6.07) is 5.59. The third-order valence-corrected chi connectivity index (χ3v) is 8.81. The number of anilines is 3. The van der Waals surface area contributed by atoms with Gasteiger partial charge in [-0.25, -0.2) is 9.78 Å². The van der Waals surface area contributed by atoms with Crippen LogP contribution in [0.15, 0.2) is 30.3 Å². The number of carbonyl (C=O) groups excluding carboxylic acids is 4. The van der Waals surface area contributed by atoms with E-state index in [9.17, 15) is 32.3 Å². The lowest BCUT2D eigenvalue weighted by molar-refractivity contribution is -0.137. The number of piperazine rings is 1. The highest BCUT2D eigenvalue weighted by molar-refractivity contribution is 6.34. The van der Waals surface area contributed by atoms with Gasteiger partial charge in [0.1, 0.15) is 17.5 Å². The fraction of sp³-hybridized carbons (Fsp3) is 0.531. The van der Waals surface area contributed by atoms with Crippen LogP contribution in [0.5, 0.6) is 0 Å². The molecule has 0 N–H and O–H groups in total. The second-order valence-corrected chi connectivity index (χ2v) is 13.5. The first kappa shape index (κ1) is 34.3. The maximum Gasteiger partial charge on any atom is 0.416 e. The molecule has 2 fully saturated rings. The Hall–Kier alpha value is -4.07. The van der Waals surface area contributed by atoms with Crippen LogP contribution in [-0.2, 0) is 25.3 Å². The molecule has 1 aromatic heterocycles. The van der Waals surface area contributed by atoms with Gasteiger partial charge < -0.3 is 24.3 Å². The van der Waals surface area contributed by atoms with Crippen LogP contribution in [0.25, 0.3) is 0 Å². The zero-order chi connectivity index (χ0) is 34.4. The first-order chi connectivity index (χ1) is 21.9. The highest BCUT2D eigenvalue weighted by atomic mass is 35.5. The van der Waals surface area contributed by atoms with E-state index in [1.807, 2.05) is 4.90 Å². The molecule has 0 spiro atoms. The number of nitrogens with zero attached hydrogens (tertiary/aromatic N) is 6. The summed E-state index contributed by atoms with van der Waals surface area (Å²) in [5.74, 6) is -2.02. The number of benzene rings is 1. The molecule has 4 amide bonds. The minimum atomic E-state index is -4.67. The van der Waals surface area contributed by atoms with Crippen molar-refractivity contribution in [3.63, 3.8) is 0 Å². The summed E-state index contributed by atoms with van der Waals surface area (Å²) in [6.07, 6.45) is -5.13. The number of likely N-dealkylation sites (N-methyl/N-ethyl adjacent to an activating group) is 1. The van der Waals surface area contributed by atoms with Crippen LogP contribution in [0.3, 0.4) is 0 Å². The fourth-order valence-electron chi connectivity index (χ4n) is 6.32. The molecule has 3 aliphatic heterocycles. The Balaban J connectivity index is 1.38. The average Bonchev–Trinajstić information content (AvgIpc) is 3.31. The Morgan fingerprint density at radius 2 is 1.70 bits per heavy atom. The Morgan fingerprint density at radius 1 is 1.04 bits per heavy atom. The second-order valence-electron chi connectivity index (χ2n) is 13.1. The van der Waals surface area contributed by atoms with E-state index in [4.69, 9.17) is 16.3 Å². The molecule has 2 atom stereocenters. The molecule has 15 heteroatoms. The third-order valence-electron chi connectivity index (χ3n) is 8.51. The monoisotopic (exact) mass is 678 g/mol. The van der Waals surface area contributed by atoms with Crippen molar-refractivity contribution >= 4 is 52.6 Å². The van der Waals surface area contributed by atoms with Gasteiger partial charge in [-0.15, -0.1) is 0 Å². The molecule has 3 aliphatic rings. The summed E-state index contributed by atoms with van der Waals surface area (Å²) < 4.78 is 46.5. The molecule has 11 nitrogen and oxygen atoms in total. The standard InChI is InChI=1S/C32H38ClF3N6O5/c1-19-15-21(32(34,35)36)17-24(37-19)42-26(44)16-20-18-41(28-22(33)7-6-8-23(28)38(5)29(45)27(20)42)10-9-25(43)39-11-13-40(14-12-39)30(46)47-31(2,3)4/h6-8,15,17,20,27H,9-14,16,18H2,1-5H3/t20-,27+/m1/s1. The van der Waals surface area contributed by atoms with Crippen molar-refractivity contribution in [1.82, 2.24) is 14.8 Å². The highest BCUT2D eigenvalue weighted by Gasteiger charge is 2.49. The number of alkyl halides is 3. The van der Waals surface area contributed by atoms with Crippen LogP contribution in [-0.4, -0.2) is 96.6 Å². The molecule has 0 bridgehead atoms. The van der Waals surface area contributed by atoms with Crippen molar-refractivity contribution in [1.29, 1.82) is 0 Å². The first-order valence-corrected chi connectivity index (χ1v) is 15.8. The van der Waals surface area contributed by atoms with Gasteiger partial charge in [0.15, 0.2) is 0 Å². The molecule has 0 aliphatic carbocycles. The lowest BCUT2D eigenvalue weighted by Gasteiger charge is -2.39. The Bertz CT molecular complexity index is 1570. The van der Waals surface area contributed by atoms with E-state index >= 15 is 0 Å². The number of hydrogen-bond donors (Lipinski definition) is 0. The zero-order valence-corrected chi connectivity index (χ0v) is 27.7. The number of ether oxygens (including phenoxy) is 1. The maximum atomic E-state index is 14.0. The molecule has 0 radical (unpaired) electrons. The second kappa shape index (κ2) is 12.9. The molecule has 2 aromatic rings. The maximum absolute atomic E-state index is 14.0. The van der Waals surface area contributed by atoms with E-state index < -0.39 is 47.2 Å². The van der Waals surface area contributed by atoms with Gasteiger partial charge in [-0.2, -0.15) is 13.2 Å². The van der Waals surface area contributed by atoms with E-state index in [2.05, 4.69) is 4.98 Å². The number of halogens is 4. The van der Waals surface area contributed by atoms with Crippen LogP contribution in [0.2, 0.25) is 5.02 Å². The van der Waals surface area contributed by atoms with Crippen molar-refractivity contribution < 1.29 is 37.1 Å². The molecule has 5 rings (SSSR count). The van der Waals surface area contributed by atoms with Gasteiger partial charge in [-0.05, 0) is 52.0 Å². The lowest BCUT2D eigenvalue weighted by Crippen LogP contribution is -2.53. The minimum Gasteiger partial charge on any atom is -0.444 e. The SMILES string of the molecule is Cc1cc(C(F)(F)F)cc(N2C(=O)C[C@@H]3CN(CCC(=O)N4CCN(C(=O)OC(C)(C)C)CC4)c4c(Cl)cccc4N(C)C(=O)[C@H]32)n1. The Morgan fingerprint density at radius 3 is 2.34 bits per heavy atom. The number of pyridine rings is 1. The Kier molecular flexibility index (Phi) is 9.37. The topological polar surface area (TPSA) is 107 Å². The van der Waals surface area contributed by atoms with Crippen LogP contribution in [0, 0.1) is 12.8 Å². The van der Waals surface area contributed by atoms with Gasteiger partial charge in [0.2, 0.25) is 17.7 Å². The number of carbonyl (C=O) groups is 4. The van der Waals surface area contributed by atoms with Gasteiger partial charge in [0.25, 0.3) is 0 Å². The Labute approximate surface area is 276 Å². The van der Waals surface area contributed by atoms with Gasteiger partial charge in [0, 0.05) is 70.8 Å². The third kappa shape index (κ3) is 7.26. The van der Waals surface area contributed by atoms with Crippen LogP contribution in [0.4, 0.5) is 35.2 Å². The molecule has 2 saturated heterocycles. The quantitative estimate of drug-likeness (QED) is 0.460. The summed E-state index contributed by atoms with van der Waals surface area (Å²) in [5, 5.41) is 0.343. The molecule has 1 aromatic carbocycles. The molecular formula is C32H38ClF3N6O5. The van der Waals surface area contributed by atoms with Gasteiger partial charge in [-0.1, -0.05) is 17.7 Å². The summed E-state index contributed by atoms with van der Waals surface area (Å²) in [7, 11) is 1.53. The highest BCUT2D eigenvalue weighted by Crippen LogP contribution is 2.43. The number of para-hydroxylation sites is 1. The average molecular weight is 679 g/mol. The van der Waals surface area contributed by atoms with Crippen molar-refractivity contribution in [2.45, 2.75) is 58.4 Å². The normalized spacial score (nSPS) is 20.6. The van der Waals surface area contributed by atoms with E-state index in [0.29, 0.717) is 42.6 Å². The first-order valence-electron chi connectivity index (χ1n) is 15.4. The fourth-order valence-corrected chi connectivity index (χ4v) is 6.61. The van der Waals surface area contributed by atoms with E-state index in [-0.39, 0.29) is 43.4 Å². The smallest absolute Gasteiger partial charge is 0.416 e. The van der Waals surface area contributed by atoms with E-state index in [1.54, 1.807) is 48.8 Å². The zero-order valence-electron chi connectivity index (χ0n) is 26.9. The molecule has 254 valence electrons. The number of fused-ring (bicyclic) bond motifs is 2. The number of aryl methyl sites for hydroxylation is 1. The summed E-state index contributed by atoms with van der Waals surface area (Å²) in [5.41, 5.74) is -0.583.